The molecule has 662 valence electrons. The van der Waals surface area contributed by atoms with E-state index in [1.807, 2.05) is 78.9 Å². The molecule has 0 aliphatic rings. The number of rotatable bonds is 14. The number of hydrogen-bond acceptors (Lipinski definition) is 9. The summed E-state index contributed by atoms with van der Waals surface area (Å²) in [6.07, 6.45) is 0. The molecule has 0 N–H and O–H groups in total. The van der Waals surface area contributed by atoms with E-state index in [4.69, 9.17) is 44.9 Å². The summed E-state index contributed by atoms with van der Waals surface area (Å²) in [5.41, 5.74) is 20.1. The zero-order valence-corrected chi connectivity index (χ0v) is 77.1. The number of aromatic nitrogens is 9. The van der Waals surface area contributed by atoms with Crippen LogP contribution in [0.2, 0.25) is 0 Å². The largest absolute Gasteiger partial charge is 0.208 e. The normalized spacial score (nSPS) is 11.4. The lowest BCUT2D eigenvalue weighted by atomic mass is 9.96. The fourth-order valence-electron chi connectivity index (χ4n) is 19.8. The van der Waals surface area contributed by atoms with Gasteiger partial charge in [-0.15, -0.1) is 0 Å². The van der Waals surface area contributed by atoms with Crippen LogP contribution in [0.4, 0.5) is 0 Å². The van der Waals surface area contributed by atoms with Gasteiger partial charge < -0.3 is 0 Å². The summed E-state index contributed by atoms with van der Waals surface area (Å²) in [7, 11) is 0. The predicted octanol–water partition coefficient (Wildman–Crippen LogP) is 34.5. The molecular weight excluding hydrogens is 1720 g/mol. The molecule has 3 aromatic heterocycles. The lowest BCUT2D eigenvalue weighted by molar-refractivity contribution is 1.07. The van der Waals surface area contributed by atoms with Gasteiger partial charge in [-0.1, -0.05) is 473 Å². The van der Waals surface area contributed by atoms with Crippen LogP contribution in [0.1, 0.15) is 0 Å². The van der Waals surface area contributed by atoms with Gasteiger partial charge in [-0.2, -0.15) is 0 Å². The van der Waals surface area contributed by atoms with Gasteiger partial charge in [-0.05, 0) is 206 Å². The van der Waals surface area contributed by atoms with E-state index >= 15 is 0 Å². The van der Waals surface area contributed by atoms with Crippen LogP contribution in [0.15, 0.2) is 516 Å². The van der Waals surface area contributed by atoms with E-state index in [1.165, 1.54) is 124 Å². The molecule has 27 rings (SSSR count). The molecular formula is C133H85N9. The van der Waals surface area contributed by atoms with E-state index < -0.39 is 0 Å². The van der Waals surface area contributed by atoms with Crippen LogP contribution in [-0.4, -0.2) is 44.9 Å². The minimum atomic E-state index is 0.641. The molecule has 0 saturated carbocycles. The first-order chi connectivity index (χ1) is 70.3. The topological polar surface area (TPSA) is 116 Å². The molecule has 0 fully saturated rings. The molecule has 0 aliphatic carbocycles. The third-order valence-electron chi connectivity index (χ3n) is 27.1. The van der Waals surface area contributed by atoms with Gasteiger partial charge in [0.1, 0.15) is 0 Å². The summed E-state index contributed by atoms with van der Waals surface area (Å²) in [6.45, 7) is 0. The van der Waals surface area contributed by atoms with E-state index in [0.29, 0.717) is 52.4 Å². The van der Waals surface area contributed by atoms with Gasteiger partial charge in [0.15, 0.2) is 52.4 Å². The number of hydrogen-bond donors (Lipinski definition) is 0. The third kappa shape index (κ3) is 16.9. The Labute approximate surface area is 820 Å². The van der Waals surface area contributed by atoms with Crippen molar-refractivity contribution < 1.29 is 0 Å². The average Bonchev–Trinajstić information content (AvgIpc) is 0.759. The lowest BCUT2D eigenvalue weighted by Gasteiger charge is -2.12. The van der Waals surface area contributed by atoms with Crippen molar-refractivity contribution in [1.82, 2.24) is 44.9 Å². The lowest BCUT2D eigenvalue weighted by Crippen LogP contribution is -2.00. The van der Waals surface area contributed by atoms with Gasteiger partial charge in [-0.3, -0.25) is 0 Å². The van der Waals surface area contributed by atoms with Crippen molar-refractivity contribution in [1.29, 1.82) is 0 Å². The van der Waals surface area contributed by atoms with Crippen molar-refractivity contribution in [3.05, 3.63) is 516 Å². The standard InChI is InChI=1S/2C45H29N3.C43H27N3/c1-3-11-30(12-4-1)34-16-9-18-36(27-34)43-46-44(37-19-10-17-35(28-37)31-13-5-2-6-14-31)48-45(47-43)38-22-21-33-24-25-40-39-20-8-7-15-32(39)23-26-41(40)42(33)29-38;1-3-10-30(11-4-1)31-18-20-32(21-19-31)36-15-9-16-37(28-36)44-46-43(35-13-5-2-6-14-35)47-45(48-44)38-23-22-34-25-26-40-39-17-8-7-12-33(39)24-27-41(40)42(34)29-38;1-2-10-32(11-3-1)41-44-42(33-18-14-29(15-19-33)35-20-16-28-8-4-5-12-34(28)26-35)46-43(45-41)36-21-17-31-23-24-38-37-13-7-6-9-30(37)22-25-39(38)40(31)27-36/h2*1-29H;1-27H. The molecule has 0 amide bonds. The van der Waals surface area contributed by atoms with Gasteiger partial charge in [0.2, 0.25) is 0 Å². The Morgan fingerprint density at radius 3 is 0.563 bits per heavy atom. The number of nitrogens with zero attached hydrogens (tertiary/aromatic N) is 9. The van der Waals surface area contributed by atoms with Crippen LogP contribution in [-0.2, 0) is 0 Å². The molecule has 0 atom stereocenters. The zero-order chi connectivity index (χ0) is 94.2. The average molecular weight is 1810 g/mol. The molecule has 0 saturated heterocycles. The molecule has 142 heavy (non-hydrogen) atoms. The Balaban J connectivity index is 0.000000112. The summed E-state index contributed by atoms with van der Waals surface area (Å²) < 4.78 is 0. The van der Waals surface area contributed by atoms with Crippen LogP contribution in [0, 0.1) is 0 Å². The molecule has 0 unspecified atom stereocenters. The highest BCUT2D eigenvalue weighted by Crippen LogP contribution is 2.42. The molecule has 9 nitrogen and oxygen atoms in total. The Kier molecular flexibility index (Phi) is 22.2. The maximum absolute atomic E-state index is 5.13. The maximum Gasteiger partial charge on any atom is 0.164 e. The number of benzene rings is 24. The zero-order valence-electron chi connectivity index (χ0n) is 77.1. The van der Waals surface area contributed by atoms with Gasteiger partial charge in [0, 0.05) is 50.1 Å². The van der Waals surface area contributed by atoms with Crippen molar-refractivity contribution in [2.75, 3.05) is 0 Å². The second-order valence-corrected chi connectivity index (χ2v) is 35.9. The second-order valence-electron chi connectivity index (χ2n) is 35.9. The van der Waals surface area contributed by atoms with E-state index in [2.05, 4.69) is 437 Å². The first kappa shape index (κ1) is 84.6. The quantitative estimate of drug-likeness (QED) is 0.0981. The van der Waals surface area contributed by atoms with Crippen LogP contribution < -0.4 is 0 Å². The summed E-state index contributed by atoms with van der Waals surface area (Å²) in [5, 5.41) is 24.4. The highest BCUT2D eigenvalue weighted by Gasteiger charge is 2.22. The smallest absolute Gasteiger partial charge is 0.164 e. The minimum Gasteiger partial charge on any atom is -0.208 e. The van der Waals surface area contributed by atoms with Crippen LogP contribution in [0.3, 0.4) is 0 Å². The first-order valence-corrected chi connectivity index (χ1v) is 47.9. The Morgan fingerprint density at radius 2 is 0.246 bits per heavy atom. The predicted molar refractivity (Wildman–Crippen MR) is 591 cm³/mol. The summed E-state index contributed by atoms with van der Waals surface area (Å²) in [6, 6.07) is 181. The molecule has 3 heterocycles. The third-order valence-corrected chi connectivity index (χ3v) is 27.1. The fraction of sp³-hybridized carbons (Fsp3) is 0. The van der Waals surface area contributed by atoms with Crippen molar-refractivity contribution in [2.24, 2.45) is 0 Å². The molecule has 9 heteroatoms. The van der Waals surface area contributed by atoms with E-state index in [-0.39, 0.29) is 0 Å². The first-order valence-electron chi connectivity index (χ1n) is 47.9. The minimum absolute atomic E-state index is 0.641. The van der Waals surface area contributed by atoms with Gasteiger partial charge in [-0.25, -0.2) is 44.9 Å². The van der Waals surface area contributed by atoms with Crippen LogP contribution >= 0.6 is 0 Å². The molecule has 27 aromatic rings. The Hall–Kier alpha value is -19.1. The van der Waals surface area contributed by atoms with Crippen molar-refractivity contribution in [2.45, 2.75) is 0 Å². The molecule has 24 aromatic carbocycles. The van der Waals surface area contributed by atoms with Gasteiger partial charge in [0.05, 0.1) is 0 Å². The second kappa shape index (κ2) is 37.2. The van der Waals surface area contributed by atoms with Crippen molar-refractivity contribution in [3.8, 4) is 158 Å². The van der Waals surface area contributed by atoms with E-state index in [9.17, 15) is 0 Å². The molecule has 0 aliphatic heterocycles. The summed E-state index contributed by atoms with van der Waals surface area (Å²) in [5.74, 6) is 5.83. The molecule has 0 spiro atoms. The van der Waals surface area contributed by atoms with Crippen LogP contribution in [0.5, 0.6) is 0 Å². The van der Waals surface area contributed by atoms with E-state index in [0.717, 1.165) is 89.0 Å². The highest BCUT2D eigenvalue weighted by atomic mass is 15.1. The SMILES string of the molecule is c1ccc(-c2ccc(-c3cccc(-c4nc(-c5ccccc5)nc(-c5ccc6ccc7c8ccccc8ccc7c6c5)n4)c3)cc2)cc1.c1ccc(-c2cccc(-c3nc(-c4cccc(-c5ccccc5)c4)nc(-c4ccc5ccc6c7ccccc7ccc6c5c4)n3)c2)cc1.c1ccc(-c2nc(-c3ccc(-c4ccc5ccccc5c4)cc3)nc(-c3ccc4ccc5c6ccccc6ccc5c4c3)n2)cc1. The monoisotopic (exact) mass is 1810 g/mol. The highest BCUT2D eigenvalue weighted by molar-refractivity contribution is 6.20. The summed E-state index contributed by atoms with van der Waals surface area (Å²) >= 11 is 0. The summed E-state index contributed by atoms with van der Waals surface area (Å²) in [4.78, 5) is 45.5. The maximum atomic E-state index is 5.13. The van der Waals surface area contributed by atoms with Gasteiger partial charge in [0.25, 0.3) is 0 Å². The fourth-order valence-corrected chi connectivity index (χ4v) is 19.8. The Bertz CT molecular complexity index is 9420. The van der Waals surface area contributed by atoms with Gasteiger partial charge >= 0.3 is 0 Å². The van der Waals surface area contributed by atoms with Crippen LogP contribution in [0.25, 0.3) is 266 Å². The molecule has 0 radical (unpaired) electrons. The van der Waals surface area contributed by atoms with E-state index in [1.54, 1.807) is 0 Å². The van der Waals surface area contributed by atoms with Crippen molar-refractivity contribution >= 4 is 108 Å². The number of fused-ring (bicyclic) bond motifs is 16. The van der Waals surface area contributed by atoms with Crippen molar-refractivity contribution in [3.63, 3.8) is 0 Å². The molecule has 0 bridgehead atoms. The Morgan fingerprint density at radius 1 is 0.0775 bits per heavy atom.